The molecule has 4 fully saturated rings. The molecule has 8 atom stereocenters. The fourth-order valence-corrected chi connectivity index (χ4v) is 9.30. The van der Waals surface area contributed by atoms with Crippen LogP contribution in [0.2, 0.25) is 0 Å². The molecule has 1 unspecified atom stereocenters. The lowest BCUT2D eigenvalue weighted by molar-refractivity contribution is -0.105. The molecule has 0 radical (unpaired) electrons. The van der Waals surface area contributed by atoms with Gasteiger partial charge in [0.2, 0.25) is 0 Å². The van der Waals surface area contributed by atoms with E-state index >= 15 is 0 Å². The van der Waals surface area contributed by atoms with E-state index in [2.05, 4.69) is 39.8 Å². The van der Waals surface area contributed by atoms with E-state index in [1.165, 1.54) is 82.8 Å². The fraction of sp³-hybridized carbons (Fsp3) is 0.964. The lowest BCUT2D eigenvalue weighted by Gasteiger charge is -2.60. The molecule has 4 rings (SSSR count). The van der Waals surface area contributed by atoms with Crippen molar-refractivity contribution in [2.75, 3.05) is 7.11 Å². The molecule has 2 nitrogen and oxygen atoms in total. The molecular formula is C28H49NO. The van der Waals surface area contributed by atoms with Gasteiger partial charge in [-0.2, -0.15) is 0 Å². The highest BCUT2D eigenvalue weighted by Crippen LogP contribution is 2.68. The van der Waals surface area contributed by atoms with E-state index in [-0.39, 0.29) is 0 Å². The summed E-state index contributed by atoms with van der Waals surface area (Å²) in [6, 6.07) is 0. The number of oxime groups is 1. The molecule has 0 N–H and O–H groups in total. The number of hydrogen-bond donors (Lipinski definition) is 0. The van der Waals surface area contributed by atoms with Crippen molar-refractivity contribution >= 4 is 5.71 Å². The van der Waals surface area contributed by atoms with Gasteiger partial charge in [-0.05, 0) is 110 Å². The third kappa shape index (κ3) is 3.88. The van der Waals surface area contributed by atoms with Crippen LogP contribution >= 0.6 is 0 Å². The van der Waals surface area contributed by atoms with Crippen molar-refractivity contribution in [3.8, 4) is 0 Å². The molecule has 172 valence electrons. The summed E-state index contributed by atoms with van der Waals surface area (Å²) in [5.41, 5.74) is 2.51. The summed E-state index contributed by atoms with van der Waals surface area (Å²) in [5, 5.41) is 4.36. The number of nitrogens with zero attached hydrogens (tertiary/aromatic N) is 1. The fourth-order valence-electron chi connectivity index (χ4n) is 9.30. The Morgan fingerprint density at radius 3 is 2.43 bits per heavy atom. The predicted molar refractivity (Wildman–Crippen MR) is 128 cm³/mol. The predicted octanol–water partition coefficient (Wildman–Crippen LogP) is 8.11. The van der Waals surface area contributed by atoms with Crippen LogP contribution in [0.25, 0.3) is 0 Å². The molecule has 0 aromatic heterocycles. The standard InChI is InChI=1S/C28H49NO/c1-19(2)8-7-9-20(3)24-12-13-25-23-11-10-21-18-22(29-30-6)14-16-27(21,4)26(23)15-17-28(24,25)5/h19-21,23-26H,7-18H2,1-6H3/b29-22-/t20-,21+,23+,24?,25+,26+,27+,28-/m1/s1. The van der Waals surface area contributed by atoms with Gasteiger partial charge >= 0.3 is 0 Å². The molecular weight excluding hydrogens is 366 g/mol. The van der Waals surface area contributed by atoms with Crippen molar-refractivity contribution in [3.63, 3.8) is 0 Å². The SMILES string of the molecule is CO/N=C1/CC[C@@]2(C)[C@@H](CC[C@@H]3[C@@H]2CC[C@]2(C)C([C@H](C)CCCC(C)C)CC[C@@H]32)C1. The molecule has 30 heavy (non-hydrogen) atoms. The summed E-state index contributed by atoms with van der Waals surface area (Å²) >= 11 is 0. The molecule has 0 aliphatic heterocycles. The van der Waals surface area contributed by atoms with E-state index in [1.807, 2.05) is 0 Å². The van der Waals surface area contributed by atoms with E-state index in [9.17, 15) is 0 Å². The highest BCUT2D eigenvalue weighted by Gasteiger charge is 2.60. The maximum Gasteiger partial charge on any atom is 0.106 e. The minimum atomic E-state index is 0.554. The zero-order valence-electron chi connectivity index (χ0n) is 20.9. The first-order chi connectivity index (χ1) is 14.3. The van der Waals surface area contributed by atoms with E-state index in [1.54, 1.807) is 7.11 Å². The van der Waals surface area contributed by atoms with Crippen molar-refractivity contribution in [2.45, 2.75) is 112 Å². The minimum absolute atomic E-state index is 0.554. The Hall–Kier alpha value is -0.530. The average molecular weight is 416 g/mol. The third-order valence-corrected chi connectivity index (χ3v) is 10.9. The van der Waals surface area contributed by atoms with E-state index in [0.29, 0.717) is 10.8 Å². The van der Waals surface area contributed by atoms with Gasteiger partial charge in [-0.3, -0.25) is 0 Å². The molecule has 0 amide bonds. The summed E-state index contributed by atoms with van der Waals surface area (Å²) < 4.78 is 0. The van der Waals surface area contributed by atoms with Gasteiger partial charge in [0.25, 0.3) is 0 Å². The minimum Gasteiger partial charge on any atom is -0.399 e. The third-order valence-electron chi connectivity index (χ3n) is 10.9. The second-order valence-corrected chi connectivity index (χ2v) is 12.7. The first-order valence-electron chi connectivity index (χ1n) is 13.4. The number of fused-ring (bicyclic) bond motifs is 5. The van der Waals surface area contributed by atoms with E-state index in [0.717, 1.165) is 41.4 Å². The number of rotatable bonds is 6. The van der Waals surface area contributed by atoms with Crippen LogP contribution in [0.5, 0.6) is 0 Å². The Labute approximate surface area is 187 Å². The Bertz CT molecular complexity index is 626. The molecule has 0 saturated heterocycles. The van der Waals surface area contributed by atoms with Crippen LogP contribution < -0.4 is 0 Å². The summed E-state index contributed by atoms with van der Waals surface area (Å²) in [5.74, 6) is 6.57. The molecule has 4 saturated carbocycles. The molecule has 4 aliphatic carbocycles. The van der Waals surface area contributed by atoms with Gasteiger partial charge in [0.1, 0.15) is 7.11 Å². The molecule has 0 bridgehead atoms. The van der Waals surface area contributed by atoms with Crippen LogP contribution in [0, 0.1) is 52.3 Å². The summed E-state index contributed by atoms with van der Waals surface area (Å²) in [7, 11) is 1.71. The largest absolute Gasteiger partial charge is 0.399 e. The summed E-state index contributed by atoms with van der Waals surface area (Å²) in [6.07, 6.45) is 17.0. The maximum absolute atomic E-state index is 5.13. The van der Waals surface area contributed by atoms with E-state index in [4.69, 9.17) is 4.84 Å². The van der Waals surface area contributed by atoms with Crippen molar-refractivity contribution in [1.82, 2.24) is 0 Å². The summed E-state index contributed by atoms with van der Waals surface area (Å²) in [6.45, 7) is 12.8. The molecule has 2 heteroatoms. The van der Waals surface area contributed by atoms with Gasteiger partial charge in [-0.15, -0.1) is 0 Å². The molecule has 0 aromatic carbocycles. The van der Waals surface area contributed by atoms with Crippen molar-refractivity contribution in [2.24, 2.45) is 57.4 Å². The Balaban J connectivity index is 1.45. The lowest BCUT2D eigenvalue weighted by atomic mass is 9.44. The number of hydrogen-bond acceptors (Lipinski definition) is 2. The Kier molecular flexibility index (Phi) is 6.63. The smallest absolute Gasteiger partial charge is 0.106 e. The molecule has 0 aromatic rings. The Morgan fingerprint density at radius 2 is 1.70 bits per heavy atom. The van der Waals surface area contributed by atoms with Gasteiger partial charge in [0, 0.05) is 0 Å². The van der Waals surface area contributed by atoms with Crippen LogP contribution in [0.4, 0.5) is 0 Å². The molecule has 4 aliphatic rings. The van der Waals surface area contributed by atoms with Crippen LogP contribution in [0.15, 0.2) is 5.16 Å². The highest BCUT2D eigenvalue weighted by molar-refractivity contribution is 5.85. The Morgan fingerprint density at radius 1 is 0.933 bits per heavy atom. The van der Waals surface area contributed by atoms with Crippen molar-refractivity contribution in [3.05, 3.63) is 0 Å². The van der Waals surface area contributed by atoms with Gasteiger partial charge in [0.15, 0.2) is 0 Å². The quantitative estimate of drug-likeness (QED) is 0.401. The first-order valence-corrected chi connectivity index (χ1v) is 13.4. The maximum atomic E-state index is 5.13. The average Bonchev–Trinajstić information content (AvgIpc) is 3.05. The van der Waals surface area contributed by atoms with Crippen LogP contribution in [-0.4, -0.2) is 12.8 Å². The zero-order valence-corrected chi connectivity index (χ0v) is 20.9. The zero-order chi connectivity index (χ0) is 21.5. The second-order valence-electron chi connectivity index (χ2n) is 12.7. The van der Waals surface area contributed by atoms with Gasteiger partial charge in [0.05, 0.1) is 5.71 Å². The van der Waals surface area contributed by atoms with Gasteiger partial charge in [-0.1, -0.05) is 59.0 Å². The van der Waals surface area contributed by atoms with Crippen LogP contribution in [-0.2, 0) is 4.84 Å². The monoisotopic (exact) mass is 415 g/mol. The first kappa shape index (κ1) is 22.7. The van der Waals surface area contributed by atoms with Crippen molar-refractivity contribution in [1.29, 1.82) is 0 Å². The van der Waals surface area contributed by atoms with Crippen molar-refractivity contribution < 1.29 is 4.84 Å². The van der Waals surface area contributed by atoms with Crippen LogP contribution in [0.3, 0.4) is 0 Å². The molecule has 0 spiro atoms. The van der Waals surface area contributed by atoms with Gasteiger partial charge in [-0.25, -0.2) is 0 Å². The molecule has 0 heterocycles. The summed E-state index contributed by atoms with van der Waals surface area (Å²) in [4.78, 5) is 5.13. The van der Waals surface area contributed by atoms with Crippen LogP contribution in [0.1, 0.15) is 112 Å². The highest BCUT2D eigenvalue weighted by atomic mass is 16.6. The topological polar surface area (TPSA) is 21.6 Å². The normalized spacial score (nSPS) is 45.7. The van der Waals surface area contributed by atoms with Gasteiger partial charge < -0.3 is 4.84 Å². The lowest BCUT2D eigenvalue weighted by Crippen LogP contribution is -2.53. The van der Waals surface area contributed by atoms with E-state index < -0.39 is 0 Å². The second kappa shape index (κ2) is 8.78.